The van der Waals surface area contributed by atoms with Gasteiger partial charge in [0.05, 0.1) is 20.3 Å². The lowest BCUT2D eigenvalue weighted by Gasteiger charge is -2.26. The number of rotatable bonds is 8. The van der Waals surface area contributed by atoms with Gasteiger partial charge in [-0.05, 0) is 86.6 Å². The Morgan fingerprint density at radius 1 is 0.556 bits per heavy atom. The maximum absolute atomic E-state index is 5.57. The van der Waals surface area contributed by atoms with Crippen molar-refractivity contribution in [2.75, 3.05) is 25.2 Å². The molecule has 0 aromatic heterocycles. The van der Waals surface area contributed by atoms with Crippen molar-refractivity contribution in [1.29, 1.82) is 0 Å². The van der Waals surface area contributed by atoms with Gasteiger partial charge in [-0.3, -0.25) is 0 Å². The summed E-state index contributed by atoms with van der Waals surface area (Å²) in [5.74, 6) is 2.56. The third-order valence-corrected chi connectivity index (χ3v) is 4.14. The van der Waals surface area contributed by atoms with E-state index >= 15 is 0 Å². The average molecular weight is 363 g/mol. The van der Waals surface area contributed by atoms with Crippen molar-refractivity contribution < 1.29 is 14.2 Å². The van der Waals surface area contributed by atoms with Crippen LogP contribution in [0.4, 0.5) is 17.1 Å². The number of methoxy groups -OCH3 is 1. The molecule has 0 unspecified atom stereocenters. The zero-order valence-electron chi connectivity index (χ0n) is 16.0. The molecule has 0 radical (unpaired) electrons. The molecule has 0 spiro atoms. The van der Waals surface area contributed by atoms with Crippen molar-refractivity contribution in [3.63, 3.8) is 0 Å². The molecule has 3 rings (SSSR count). The van der Waals surface area contributed by atoms with E-state index in [1.807, 2.05) is 62.4 Å². The fraction of sp³-hybridized carbons (Fsp3) is 0.217. The second-order valence-corrected chi connectivity index (χ2v) is 5.89. The van der Waals surface area contributed by atoms with Crippen LogP contribution in [0.2, 0.25) is 0 Å². The van der Waals surface area contributed by atoms with Gasteiger partial charge < -0.3 is 19.1 Å². The molecule has 0 saturated heterocycles. The molecule has 27 heavy (non-hydrogen) atoms. The van der Waals surface area contributed by atoms with Crippen LogP contribution in [-0.4, -0.2) is 20.3 Å². The van der Waals surface area contributed by atoms with Gasteiger partial charge in [0.15, 0.2) is 0 Å². The van der Waals surface area contributed by atoms with Crippen LogP contribution in [0.5, 0.6) is 17.2 Å². The van der Waals surface area contributed by atoms with Gasteiger partial charge >= 0.3 is 0 Å². The Kier molecular flexibility index (Phi) is 6.21. The van der Waals surface area contributed by atoms with E-state index in [9.17, 15) is 0 Å². The number of hydrogen-bond donors (Lipinski definition) is 0. The number of nitrogens with zero attached hydrogens (tertiary/aromatic N) is 1. The summed E-state index contributed by atoms with van der Waals surface area (Å²) in [5, 5.41) is 0. The molecule has 0 aliphatic heterocycles. The number of anilines is 3. The molecule has 0 aliphatic rings. The standard InChI is InChI=1S/C23H25NO3/c1-4-26-22-14-8-19(9-15-22)24(18-6-12-21(25-3)13-7-18)20-10-16-23(17-11-20)27-5-2/h6-17H,4-5H2,1-3H3. The highest BCUT2D eigenvalue weighted by Gasteiger charge is 2.13. The zero-order valence-corrected chi connectivity index (χ0v) is 16.0. The van der Waals surface area contributed by atoms with E-state index in [1.54, 1.807) is 7.11 Å². The van der Waals surface area contributed by atoms with Crippen molar-refractivity contribution in [2.45, 2.75) is 13.8 Å². The highest BCUT2D eigenvalue weighted by atomic mass is 16.5. The Hall–Kier alpha value is -3.14. The summed E-state index contributed by atoms with van der Waals surface area (Å²) in [6.45, 7) is 5.27. The second kappa shape index (κ2) is 8.99. The largest absolute Gasteiger partial charge is 0.497 e. The highest BCUT2D eigenvalue weighted by Crippen LogP contribution is 2.36. The Morgan fingerprint density at radius 2 is 0.889 bits per heavy atom. The molecule has 0 heterocycles. The van der Waals surface area contributed by atoms with Crippen LogP contribution in [0.25, 0.3) is 0 Å². The maximum atomic E-state index is 5.57. The minimum absolute atomic E-state index is 0.653. The normalized spacial score (nSPS) is 10.3. The van der Waals surface area contributed by atoms with Crippen molar-refractivity contribution >= 4 is 17.1 Å². The fourth-order valence-corrected chi connectivity index (χ4v) is 2.89. The molecule has 0 N–H and O–H groups in total. The van der Waals surface area contributed by atoms with Crippen molar-refractivity contribution in [3.05, 3.63) is 72.8 Å². The summed E-state index contributed by atoms with van der Waals surface area (Å²) in [4.78, 5) is 2.19. The molecule has 3 aromatic rings. The summed E-state index contributed by atoms with van der Waals surface area (Å²) in [6, 6.07) is 24.2. The quantitative estimate of drug-likeness (QED) is 0.494. The third kappa shape index (κ3) is 4.53. The smallest absolute Gasteiger partial charge is 0.119 e. The SMILES string of the molecule is CCOc1ccc(N(c2ccc(OC)cc2)c2ccc(OCC)cc2)cc1. The summed E-state index contributed by atoms with van der Waals surface area (Å²) in [6.07, 6.45) is 0. The van der Waals surface area contributed by atoms with Gasteiger partial charge in [0.1, 0.15) is 17.2 Å². The lowest BCUT2D eigenvalue weighted by Crippen LogP contribution is -2.10. The molecule has 0 saturated carbocycles. The number of ether oxygens (including phenoxy) is 3. The van der Waals surface area contributed by atoms with E-state index in [0.717, 1.165) is 34.3 Å². The van der Waals surface area contributed by atoms with Crippen LogP contribution in [-0.2, 0) is 0 Å². The van der Waals surface area contributed by atoms with Gasteiger partial charge in [-0.2, -0.15) is 0 Å². The van der Waals surface area contributed by atoms with Gasteiger partial charge in [0.25, 0.3) is 0 Å². The second-order valence-electron chi connectivity index (χ2n) is 5.89. The molecule has 0 fully saturated rings. The molecule has 4 nitrogen and oxygen atoms in total. The Balaban J connectivity index is 1.99. The zero-order chi connectivity index (χ0) is 19.1. The first kappa shape index (κ1) is 18.6. The van der Waals surface area contributed by atoms with Crippen LogP contribution >= 0.6 is 0 Å². The molecule has 4 heteroatoms. The molecule has 3 aromatic carbocycles. The van der Waals surface area contributed by atoms with E-state index in [-0.39, 0.29) is 0 Å². The summed E-state index contributed by atoms with van der Waals surface area (Å²) in [5.41, 5.74) is 3.14. The Bertz CT molecular complexity index is 778. The topological polar surface area (TPSA) is 30.9 Å². The summed E-state index contributed by atoms with van der Waals surface area (Å²) in [7, 11) is 1.67. The lowest BCUT2D eigenvalue weighted by atomic mass is 10.2. The third-order valence-electron chi connectivity index (χ3n) is 4.14. The number of benzene rings is 3. The van der Waals surface area contributed by atoms with Gasteiger partial charge in [0, 0.05) is 17.1 Å². The molecule has 140 valence electrons. The Morgan fingerprint density at radius 3 is 1.19 bits per heavy atom. The minimum Gasteiger partial charge on any atom is -0.497 e. The van der Waals surface area contributed by atoms with Gasteiger partial charge in [0.2, 0.25) is 0 Å². The molecule has 0 aliphatic carbocycles. The van der Waals surface area contributed by atoms with Crippen LogP contribution in [0.1, 0.15) is 13.8 Å². The van der Waals surface area contributed by atoms with Crippen LogP contribution in [0, 0.1) is 0 Å². The molecule has 0 amide bonds. The molecular formula is C23H25NO3. The molecule has 0 atom stereocenters. The van der Waals surface area contributed by atoms with Gasteiger partial charge in [-0.1, -0.05) is 0 Å². The van der Waals surface area contributed by atoms with Crippen LogP contribution < -0.4 is 19.1 Å². The fourth-order valence-electron chi connectivity index (χ4n) is 2.89. The first-order valence-corrected chi connectivity index (χ1v) is 9.15. The lowest BCUT2D eigenvalue weighted by molar-refractivity contribution is 0.340. The van der Waals surface area contributed by atoms with E-state index in [2.05, 4.69) is 29.2 Å². The van der Waals surface area contributed by atoms with Crippen LogP contribution in [0.3, 0.4) is 0 Å². The predicted molar refractivity (Wildman–Crippen MR) is 110 cm³/mol. The average Bonchev–Trinajstić information content (AvgIpc) is 2.72. The van der Waals surface area contributed by atoms with E-state index in [0.29, 0.717) is 13.2 Å². The van der Waals surface area contributed by atoms with Crippen LogP contribution in [0.15, 0.2) is 72.8 Å². The van der Waals surface area contributed by atoms with Crippen molar-refractivity contribution in [2.24, 2.45) is 0 Å². The van der Waals surface area contributed by atoms with Gasteiger partial charge in [-0.25, -0.2) is 0 Å². The van der Waals surface area contributed by atoms with Gasteiger partial charge in [-0.15, -0.1) is 0 Å². The summed E-state index contributed by atoms with van der Waals surface area (Å²) >= 11 is 0. The first-order chi connectivity index (χ1) is 13.2. The predicted octanol–water partition coefficient (Wildman–Crippen LogP) is 5.96. The highest BCUT2D eigenvalue weighted by molar-refractivity contribution is 5.77. The van der Waals surface area contributed by atoms with E-state index < -0.39 is 0 Å². The monoisotopic (exact) mass is 363 g/mol. The molecule has 0 bridgehead atoms. The minimum atomic E-state index is 0.653. The van der Waals surface area contributed by atoms with E-state index in [1.165, 1.54) is 0 Å². The Labute approximate surface area is 160 Å². The van der Waals surface area contributed by atoms with E-state index in [4.69, 9.17) is 14.2 Å². The first-order valence-electron chi connectivity index (χ1n) is 9.15. The van der Waals surface area contributed by atoms with Crippen molar-refractivity contribution in [1.82, 2.24) is 0 Å². The number of hydrogen-bond acceptors (Lipinski definition) is 4. The van der Waals surface area contributed by atoms with Crippen molar-refractivity contribution in [3.8, 4) is 17.2 Å². The molecular weight excluding hydrogens is 338 g/mol. The summed E-state index contributed by atoms with van der Waals surface area (Å²) < 4.78 is 16.4. The maximum Gasteiger partial charge on any atom is 0.119 e.